The number of imide groups is 1. The molecule has 0 atom stereocenters. The van der Waals surface area contributed by atoms with Crippen LogP contribution in [0.15, 0.2) is 84.6 Å². The minimum Gasteiger partial charge on any atom is -0.350 e. The largest absolute Gasteiger partial charge is 0.350 e. The number of benzene rings is 3. The number of amides is 3. The number of nitrogens with zero attached hydrogens (tertiary/aromatic N) is 1. The predicted molar refractivity (Wildman–Crippen MR) is 126 cm³/mol. The Bertz CT molecular complexity index is 1200. The summed E-state index contributed by atoms with van der Waals surface area (Å²) in [6.07, 6.45) is 0.872. The number of hydrogen-bond acceptors (Lipinski definition) is 4. The lowest BCUT2D eigenvalue weighted by Gasteiger charge is -2.16. The molecule has 0 fully saturated rings. The van der Waals surface area contributed by atoms with Crippen molar-refractivity contribution in [3.05, 3.63) is 95.7 Å². The molecule has 0 unspecified atom stereocenters. The molecule has 3 amide bonds. The molecule has 6 heteroatoms. The molecule has 0 aromatic heterocycles. The van der Waals surface area contributed by atoms with Gasteiger partial charge in [0.2, 0.25) is 5.91 Å². The van der Waals surface area contributed by atoms with Crippen LogP contribution in [-0.2, 0) is 20.8 Å². The Balaban J connectivity index is 1.71. The molecule has 4 rings (SSSR count). The first-order valence-corrected chi connectivity index (χ1v) is 10.4. The third-order valence-electron chi connectivity index (χ3n) is 5.22. The normalized spacial score (nSPS) is 13.5. The van der Waals surface area contributed by atoms with Gasteiger partial charge in [-0.3, -0.25) is 14.4 Å². The number of anilines is 3. The molecule has 0 saturated carbocycles. The summed E-state index contributed by atoms with van der Waals surface area (Å²) in [5, 5.41) is 5.83. The van der Waals surface area contributed by atoms with Crippen molar-refractivity contribution in [1.29, 1.82) is 0 Å². The van der Waals surface area contributed by atoms with Crippen LogP contribution in [0.3, 0.4) is 0 Å². The van der Waals surface area contributed by atoms with Gasteiger partial charge in [-0.15, -0.1) is 0 Å². The Morgan fingerprint density at radius 1 is 0.812 bits per heavy atom. The molecule has 2 N–H and O–H groups in total. The van der Waals surface area contributed by atoms with E-state index in [0.717, 1.165) is 12.0 Å². The summed E-state index contributed by atoms with van der Waals surface area (Å²) < 4.78 is 0. The van der Waals surface area contributed by atoms with Crippen LogP contribution in [0.1, 0.15) is 25.0 Å². The standard InChI is InChI=1S/C26H23N3O3/c1-3-18-9-15-22(16-10-18)29-25(31)23(19-7-5-4-6-8-19)24(26(29)32)28-21-13-11-20(12-14-21)27-17(2)30/h4-16,28H,3H2,1-2H3,(H,27,30). The maximum absolute atomic E-state index is 13.4. The summed E-state index contributed by atoms with van der Waals surface area (Å²) in [7, 11) is 0. The fourth-order valence-corrected chi connectivity index (χ4v) is 3.62. The molecule has 32 heavy (non-hydrogen) atoms. The molecule has 6 nitrogen and oxygen atoms in total. The molecule has 3 aromatic carbocycles. The van der Waals surface area contributed by atoms with Crippen LogP contribution in [-0.4, -0.2) is 17.7 Å². The van der Waals surface area contributed by atoms with Crippen LogP contribution in [0.4, 0.5) is 17.1 Å². The Morgan fingerprint density at radius 3 is 2.03 bits per heavy atom. The number of hydrogen-bond donors (Lipinski definition) is 2. The molecular formula is C26H23N3O3. The fourth-order valence-electron chi connectivity index (χ4n) is 3.62. The number of carbonyl (C=O) groups excluding carboxylic acids is 3. The number of nitrogens with one attached hydrogen (secondary N) is 2. The first-order valence-electron chi connectivity index (χ1n) is 10.4. The van der Waals surface area contributed by atoms with E-state index in [4.69, 9.17) is 0 Å². The number of aryl methyl sites for hydroxylation is 1. The molecule has 160 valence electrons. The summed E-state index contributed by atoms with van der Waals surface area (Å²) in [5.74, 6) is -0.951. The van der Waals surface area contributed by atoms with Crippen molar-refractivity contribution in [2.45, 2.75) is 20.3 Å². The lowest BCUT2D eigenvalue weighted by molar-refractivity contribution is -0.120. The quantitative estimate of drug-likeness (QED) is 0.566. The van der Waals surface area contributed by atoms with Crippen LogP contribution in [0.5, 0.6) is 0 Å². The molecule has 0 bridgehead atoms. The van der Waals surface area contributed by atoms with E-state index in [1.165, 1.54) is 11.8 Å². The highest BCUT2D eigenvalue weighted by Gasteiger charge is 2.40. The highest BCUT2D eigenvalue weighted by molar-refractivity contribution is 6.46. The van der Waals surface area contributed by atoms with Crippen LogP contribution in [0.2, 0.25) is 0 Å². The van der Waals surface area contributed by atoms with E-state index in [-0.39, 0.29) is 17.5 Å². The van der Waals surface area contributed by atoms with Gasteiger partial charge in [0.25, 0.3) is 11.8 Å². The predicted octanol–water partition coefficient (Wildman–Crippen LogP) is 4.60. The third-order valence-corrected chi connectivity index (χ3v) is 5.22. The molecule has 1 heterocycles. The van der Waals surface area contributed by atoms with E-state index < -0.39 is 5.91 Å². The monoisotopic (exact) mass is 425 g/mol. The zero-order chi connectivity index (χ0) is 22.7. The highest BCUT2D eigenvalue weighted by Crippen LogP contribution is 2.34. The van der Waals surface area contributed by atoms with Gasteiger partial charge in [-0.2, -0.15) is 0 Å². The Kier molecular flexibility index (Phi) is 5.85. The van der Waals surface area contributed by atoms with E-state index in [2.05, 4.69) is 17.6 Å². The van der Waals surface area contributed by atoms with E-state index in [1.807, 2.05) is 42.5 Å². The van der Waals surface area contributed by atoms with E-state index in [1.54, 1.807) is 36.4 Å². The van der Waals surface area contributed by atoms with Gasteiger partial charge in [0.1, 0.15) is 5.70 Å². The van der Waals surface area contributed by atoms with Crippen molar-refractivity contribution < 1.29 is 14.4 Å². The Labute approximate surface area is 186 Å². The van der Waals surface area contributed by atoms with Gasteiger partial charge in [0.05, 0.1) is 11.3 Å². The molecule has 0 saturated heterocycles. The van der Waals surface area contributed by atoms with Gasteiger partial charge >= 0.3 is 0 Å². The van der Waals surface area contributed by atoms with Gasteiger partial charge in [0.15, 0.2) is 0 Å². The van der Waals surface area contributed by atoms with E-state index in [9.17, 15) is 14.4 Å². The zero-order valence-electron chi connectivity index (χ0n) is 17.9. The smallest absolute Gasteiger partial charge is 0.282 e. The van der Waals surface area contributed by atoms with Crippen molar-refractivity contribution >= 4 is 40.4 Å². The summed E-state index contributed by atoms with van der Waals surface area (Å²) in [5.41, 5.74) is 4.13. The summed E-state index contributed by atoms with van der Waals surface area (Å²) in [6.45, 7) is 3.49. The number of rotatable bonds is 6. The van der Waals surface area contributed by atoms with Crippen molar-refractivity contribution in [3.8, 4) is 0 Å². The van der Waals surface area contributed by atoms with Crippen molar-refractivity contribution in [1.82, 2.24) is 0 Å². The van der Waals surface area contributed by atoms with Crippen LogP contribution < -0.4 is 15.5 Å². The SMILES string of the molecule is CCc1ccc(N2C(=O)C(Nc3ccc(NC(C)=O)cc3)=C(c3ccccc3)C2=O)cc1. The average Bonchev–Trinajstić information content (AvgIpc) is 3.04. The second kappa shape index (κ2) is 8.89. The topological polar surface area (TPSA) is 78.5 Å². The minimum absolute atomic E-state index is 0.166. The lowest BCUT2D eigenvalue weighted by Crippen LogP contribution is -2.32. The first kappa shape index (κ1) is 21.1. The minimum atomic E-state index is -0.413. The van der Waals surface area contributed by atoms with E-state index in [0.29, 0.717) is 28.2 Å². The van der Waals surface area contributed by atoms with Crippen LogP contribution in [0.25, 0.3) is 5.57 Å². The summed E-state index contributed by atoms with van der Waals surface area (Å²) >= 11 is 0. The van der Waals surface area contributed by atoms with Gasteiger partial charge in [-0.1, -0.05) is 49.4 Å². The molecular weight excluding hydrogens is 402 g/mol. The number of carbonyl (C=O) groups is 3. The second-order valence-electron chi connectivity index (χ2n) is 7.47. The molecule has 1 aliphatic rings. The molecule has 0 radical (unpaired) electrons. The van der Waals surface area contributed by atoms with Crippen molar-refractivity contribution in [2.24, 2.45) is 0 Å². The molecule has 1 aliphatic heterocycles. The lowest BCUT2D eigenvalue weighted by atomic mass is 10.0. The van der Waals surface area contributed by atoms with Crippen molar-refractivity contribution in [2.75, 3.05) is 15.5 Å². The van der Waals surface area contributed by atoms with E-state index >= 15 is 0 Å². The molecule has 0 spiro atoms. The highest BCUT2D eigenvalue weighted by atomic mass is 16.2. The maximum atomic E-state index is 13.4. The average molecular weight is 425 g/mol. The van der Waals surface area contributed by atoms with Gasteiger partial charge in [0, 0.05) is 18.3 Å². The van der Waals surface area contributed by atoms with Crippen LogP contribution >= 0.6 is 0 Å². The zero-order valence-corrected chi connectivity index (χ0v) is 17.9. The van der Waals surface area contributed by atoms with Gasteiger partial charge < -0.3 is 10.6 Å². The maximum Gasteiger partial charge on any atom is 0.282 e. The summed E-state index contributed by atoms with van der Waals surface area (Å²) in [4.78, 5) is 39.3. The van der Waals surface area contributed by atoms with Gasteiger partial charge in [-0.25, -0.2) is 4.90 Å². The third kappa shape index (κ3) is 4.16. The van der Waals surface area contributed by atoms with Gasteiger partial charge in [-0.05, 0) is 53.9 Å². The summed E-state index contributed by atoms with van der Waals surface area (Å²) in [6, 6.07) is 23.5. The Morgan fingerprint density at radius 2 is 1.44 bits per heavy atom. The molecule has 3 aromatic rings. The van der Waals surface area contributed by atoms with Crippen LogP contribution in [0, 0.1) is 0 Å². The van der Waals surface area contributed by atoms with Crippen molar-refractivity contribution in [3.63, 3.8) is 0 Å². The first-order chi connectivity index (χ1) is 15.5. The Hall–Kier alpha value is -4.19. The molecule has 0 aliphatic carbocycles. The second-order valence-corrected chi connectivity index (χ2v) is 7.47. The fraction of sp³-hybridized carbons (Fsp3) is 0.115.